The number of nitrogens with zero attached hydrogens (tertiary/aromatic N) is 1. The van der Waals surface area contributed by atoms with Gasteiger partial charge in [-0.05, 0) is 43.9 Å². The Morgan fingerprint density at radius 3 is 2.79 bits per heavy atom. The molecule has 3 nitrogen and oxygen atoms in total. The average molecular weight is 263 g/mol. The number of aliphatic hydroxyl groups is 1. The van der Waals surface area contributed by atoms with Crippen LogP contribution in [0.15, 0.2) is 24.3 Å². The van der Waals surface area contributed by atoms with Crippen molar-refractivity contribution in [2.24, 2.45) is 0 Å². The van der Waals surface area contributed by atoms with Crippen LogP contribution >= 0.6 is 0 Å². The van der Waals surface area contributed by atoms with Gasteiger partial charge in [0.05, 0.1) is 13.2 Å². The van der Waals surface area contributed by atoms with Crippen LogP contribution in [0.25, 0.3) is 0 Å². The maximum Gasteiger partial charge on any atom is 0.119 e. The second-order valence-corrected chi connectivity index (χ2v) is 5.36. The van der Waals surface area contributed by atoms with E-state index >= 15 is 0 Å². The predicted molar refractivity (Wildman–Crippen MR) is 77.6 cm³/mol. The van der Waals surface area contributed by atoms with Crippen molar-refractivity contribution in [3.05, 3.63) is 29.8 Å². The predicted octanol–water partition coefficient (Wildman–Crippen LogP) is 2.61. The lowest BCUT2D eigenvalue weighted by Gasteiger charge is -2.37. The Hall–Kier alpha value is -1.06. The van der Waals surface area contributed by atoms with Gasteiger partial charge in [-0.25, -0.2) is 0 Å². The van der Waals surface area contributed by atoms with Gasteiger partial charge >= 0.3 is 0 Å². The van der Waals surface area contributed by atoms with Crippen molar-refractivity contribution in [3.63, 3.8) is 0 Å². The Morgan fingerprint density at radius 1 is 1.32 bits per heavy atom. The van der Waals surface area contributed by atoms with E-state index in [1.54, 1.807) is 0 Å². The highest BCUT2D eigenvalue weighted by Crippen LogP contribution is 2.24. The summed E-state index contributed by atoms with van der Waals surface area (Å²) in [6.07, 6.45) is 4.94. The summed E-state index contributed by atoms with van der Waals surface area (Å²) in [6, 6.07) is 8.87. The zero-order chi connectivity index (χ0) is 13.5. The molecule has 1 aromatic carbocycles. The van der Waals surface area contributed by atoms with Gasteiger partial charge in [-0.3, -0.25) is 4.90 Å². The van der Waals surface area contributed by atoms with E-state index in [4.69, 9.17) is 9.84 Å². The highest BCUT2D eigenvalue weighted by molar-refractivity contribution is 5.27. The Labute approximate surface area is 116 Å². The monoisotopic (exact) mass is 263 g/mol. The summed E-state index contributed by atoms with van der Waals surface area (Å²) in [5.74, 6) is 0.956. The summed E-state index contributed by atoms with van der Waals surface area (Å²) >= 11 is 0. The third-order valence-corrected chi connectivity index (χ3v) is 3.83. The summed E-state index contributed by atoms with van der Waals surface area (Å²) < 4.78 is 5.76. The smallest absolute Gasteiger partial charge is 0.119 e. The number of hydrogen-bond donors (Lipinski definition) is 1. The fourth-order valence-electron chi connectivity index (χ4n) is 2.52. The van der Waals surface area contributed by atoms with Gasteiger partial charge in [0, 0.05) is 19.1 Å². The van der Waals surface area contributed by atoms with Crippen molar-refractivity contribution in [3.8, 4) is 5.75 Å². The van der Waals surface area contributed by atoms with E-state index < -0.39 is 0 Å². The highest BCUT2D eigenvalue weighted by atomic mass is 16.5. The zero-order valence-corrected chi connectivity index (χ0v) is 11.8. The molecule has 1 aromatic rings. The first-order chi connectivity index (χ1) is 9.29. The van der Waals surface area contributed by atoms with Crippen LogP contribution in [-0.2, 0) is 0 Å². The van der Waals surface area contributed by atoms with Crippen LogP contribution in [0.2, 0.25) is 0 Å². The van der Waals surface area contributed by atoms with Crippen LogP contribution in [0, 0.1) is 6.92 Å². The molecule has 0 aromatic heterocycles. The summed E-state index contributed by atoms with van der Waals surface area (Å²) in [7, 11) is 0. The van der Waals surface area contributed by atoms with Crippen molar-refractivity contribution in [1.29, 1.82) is 0 Å². The number of aryl methyl sites for hydroxylation is 1. The third kappa shape index (κ3) is 4.51. The van der Waals surface area contributed by atoms with Crippen molar-refractivity contribution in [1.82, 2.24) is 4.90 Å². The lowest BCUT2D eigenvalue weighted by atomic mass is 9.91. The first-order valence-corrected chi connectivity index (χ1v) is 7.34. The van der Waals surface area contributed by atoms with Crippen LogP contribution in [0.1, 0.15) is 31.2 Å². The molecule has 19 heavy (non-hydrogen) atoms. The van der Waals surface area contributed by atoms with Crippen molar-refractivity contribution in [2.45, 2.75) is 38.6 Å². The summed E-state index contributed by atoms with van der Waals surface area (Å²) in [6.45, 7) is 4.91. The Bertz CT molecular complexity index is 377. The Balaban J connectivity index is 1.67. The molecule has 0 saturated heterocycles. The van der Waals surface area contributed by atoms with E-state index in [2.05, 4.69) is 24.0 Å². The molecule has 0 aliphatic heterocycles. The van der Waals surface area contributed by atoms with Gasteiger partial charge in [-0.2, -0.15) is 0 Å². The first-order valence-electron chi connectivity index (χ1n) is 7.34. The van der Waals surface area contributed by atoms with Crippen molar-refractivity contribution < 1.29 is 9.84 Å². The maximum atomic E-state index is 9.10. The molecule has 0 amide bonds. The topological polar surface area (TPSA) is 32.7 Å². The molecule has 1 fully saturated rings. The average Bonchev–Trinajstić information content (AvgIpc) is 2.32. The number of hydrogen-bond acceptors (Lipinski definition) is 3. The lowest BCUT2D eigenvalue weighted by molar-refractivity contribution is 0.0952. The molecule has 0 spiro atoms. The van der Waals surface area contributed by atoms with E-state index in [-0.39, 0.29) is 6.61 Å². The largest absolute Gasteiger partial charge is 0.494 e. The fourth-order valence-corrected chi connectivity index (χ4v) is 2.52. The van der Waals surface area contributed by atoms with Crippen molar-refractivity contribution in [2.75, 3.05) is 26.3 Å². The molecule has 106 valence electrons. The van der Waals surface area contributed by atoms with Crippen molar-refractivity contribution >= 4 is 0 Å². The molecule has 0 heterocycles. The van der Waals surface area contributed by atoms with Crippen LogP contribution < -0.4 is 4.74 Å². The minimum atomic E-state index is 0.259. The highest BCUT2D eigenvalue weighted by Gasteiger charge is 2.23. The number of ether oxygens (including phenoxy) is 1. The van der Waals surface area contributed by atoms with Gasteiger partial charge in [0.2, 0.25) is 0 Å². The molecule has 1 aliphatic carbocycles. The fraction of sp³-hybridized carbons (Fsp3) is 0.625. The van der Waals surface area contributed by atoms with Gasteiger partial charge < -0.3 is 9.84 Å². The minimum absolute atomic E-state index is 0.259. The van der Waals surface area contributed by atoms with E-state index in [1.807, 2.05) is 12.1 Å². The second kappa shape index (κ2) is 7.51. The standard InChI is InChI=1S/C16H25NO2/c1-14-5-2-8-16(13-14)19-12-4-9-17(10-11-18)15-6-3-7-15/h2,5,8,13,15,18H,3-4,6-7,9-12H2,1H3. The van der Waals surface area contributed by atoms with Crippen LogP contribution in [-0.4, -0.2) is 42.4 Å². The van der Waals surface area contributed by atoms with E-state index in [0.717, 1.165) is 31.9 Å². The molecule has 0 radical (unpaired) electrons. The van der Waals surface area contributed by atoms with E-state index in [1.165, 1.54) is 24.8 Å². The molecule has 1 saturated carbocycles. The third-order valence-electron chi connectivity index (χ3n) is 3.83. The molecular weight excluding hydrogens is 238 g/mol. The summed E-state index contributed by atoms with van der Waals surface area (Å²) in [4.78, 5) is 2.41. The number of aliphatic hydroxyl groups excluding tert-OH is 1. The minimum Gasteiger partial charge on any atom is -0.494 e. The zero-order valence-electron chi connectivity index (χ0n) is 11.8. The molecular formula is C16H25NO2. The number of benzene rings is 1. The van der Waals surface area contributed by atoms with Gasteiger partial charge in [-0.15, -0.1) is 0 Å². The quantitative estimate of drug-likeness (QED) is 0.732. The van der Waals surface area contributed by atoms with E-state index in [0.29, 0.717) is 6.04 Å². The van der Waals surface area contributed by atoms with Gasteiger partial charge in [0.1, 0.15) is 5.75 Å². The summed E-state index contributed by atoms with van der Waals surface area (Å²) in [5, 5.41) is 9.10. The normalized spacial score (nSPS) is 15.5. The molecule has 0 atom stereocenters. The van der Waals surface area contributed by atoms with Gasteiger partial charge in [0.15, 0.2) is 0 Å². The van der Waals surface area contributed by atoms with Gasteiger partial charge in [0.25, 0.3) is 0 Å². The van der Waals surface area contributed by atoms with Gasteiger partial charge in [-0.1, -0.05) is 18.6 Å². The number of rotatable bonds is 8. The molecule has 1 N–H and O–H groups in total. The molecule has 2 rings (SSSR count). The molecule has 0 bridgehead atoms. The van der Waals surface area contributed by atoms with Crippen LogP contribution in [0.3, 0.4) is 0 Å². The van der Waals surface area contributed by atoms with Crippen LogP contribution in [0.4, 0.5) is 0 Å². The Morgan fingerprint density at radius 2 is 2.16 bits per heavy atom. The Kier molecular flexibility index (Phi) is 5.67. The van der Waals surface area contributed by atoms with E-state index in [9.17, 15) is 0 Å². The molecule has 0 unspecified atom stereocenters. The lowest BCUT2D eigenvalue weighted by Crippen LogP contribution is -2.42. The maximum absolute atomic E-state index is 9.10. The first kappa shape index (κ1) is 14.4. The van der Waals surface area contributed by atoms with Crippen LogP contribution in [0.5, 0.6) is 5.75 Å². The summed E-state index contributed by atoms with van der Waals surface area (Å²) in [5.41, 5.74) is 1.23. The molecule has 1 aliphatic rings. The second-order valence-electron chi connectivity index (χ2n) is 5.36. The molecule has 3 heteroatoms. The SMILES string of the molecule is Cc1cccc(OCCCN(CCO)C2CCC2)c1.